The van der Waals surface area contributed by atoms with Gasteiger partial charge in [0.25, 0.3) is 0 Å². The summed E-state index contributed by atoms with van der Waals surface area (Å²) in [6.45, 7) is 6.87. The van der Waals surface area contributed by atoms with E-state index in [-0.39, 0.29) is 0 Å². The first-order chi connectivity index (χ1) is 7.22. The first-order valence-corrected chi connectivity index (χ1v) is 7.34. The maximum absolute atomic E-state index is 5.92. The molecule has 0 amide bonds. The fraction of sp³-hybridized carbons (Fsp3) is 1.00. The number of likely N-dealkylation sites (tertiary alicyclic amines) is 1. The zero-order chi connectivity index (χ0) is 10.8. The number of rotatable bonds is 2. The summed E-state index contributed by atoms with van der Waals surface area (Å²) in [6.07, 6.45) is 4.05. The molecule has 2 saturated heterocycles. The summed E-state index contributed by atoms with van der Waals surface area (Å²) in [4.78, 5) is 2.71. The minimum absolute atomic E-state index is 0.653. The van der Waals surface area contributed by atoms with Crippen LogP contribution in [0.5, 0.6) is 0 Å². The summed E-state index contributed by atoms with van der Waals surface area (Å²) in [7, 11) is 0. The molecule has 0 spiro atoms. The second kappa shape index (κ2) is 5.07. The zero-order valence-corrected chi connectivity index (χ0v) is 10.8. The predicted molar refractivity (Wildman–Crippen MR) is 68.3 cm³/mol. The molecule has 4 atom stereocenters. The fourth-order valence-electron chi connectivity index (χ4n) is 3.09. The van der Waals surface area contributed by atoms with Gasteiger partial charge in [-0.25, -0.2) is 0 Å². The van der Waals surface area contributed by atoms with E-state index in [2.05, 4.69) is 30.5 Å². The zero-order valence-electron chi connectivity index (χ0n) is 9.98. The Morgan fingerprint density at radius 2 is 2.13 bits per heavy atom. The molecular weight excluding hydrogens is 204 g/mol. The average Bonchev–Trinajstić information content (AvgIpc) is 2.64. The number of thioether (sulfide) groups is 1. The highest BCUT2D eigenvalue weighted by Crippen LogP contribution is 2.34. The highest BCUT2D eigenvalue weighted by Gasteiger charge is 2.35. The van der Waals surface area contributed by atoms with E-state index in [9.17, 15) is 0 Å². The van der Waals surface area contributed by atoms with E-state index in [4.69, 9.17) is 5.73 Å². The quantitative estimate of drug-likeness (QED) is 0.783. The lowest BCUT2D eigenvalue weighted by molar-refractivity contribution is 0.0777. The highest BCUT2D eigenvalue weighted by atomic mass is 32.2. The van der Waals surface area contributed by atoms with E-state index in [0.717, 1.165) is 23.8 Å². The number of hydrogen-bond donors (Lipinski definition) is 1. The van der Waals surface area contributed by atoms with E-state index in [1.807, 2.05) is 0 Å². The number of nitrogens with two attached hydrogens (primary N) is 1. The molecular formula is C12H24N2S. The second-order valence-electron chi connectivity index (χ2n) is 5.19. The van der Waals surface area contributed by atoms with Crippen molar-refractivity contribution in [2.75, 3.05) is 18.8 Å². The molecule has 2 aliphatic rings. The van der Waals surface area contributed by atoms with Crippen molar-refractivity contribution in [1.82, 2.24) is 4.90 Å². The van der Waals surface area contributed by atoms with Crippen LogP contribution in [-0.2, 0) is 0 Å². The molecule has 0 aromatic heterocycles. The van der Waals surface area contributed by atoms with Gasteiger partial charge in [-0.2, -0.15) is 11.8 Å². The van der Waals surface area contributed by atoms with Gasteiger partial charge in [0.2, 0.25) is 0 Å². The number of nitrogens with zero attached hydrogens (tertiary/aromatic N) is 1. The molecule has 0 aliphatic carbocycles. The lowest BCUT2D eigenvalue weighted by atomic mass is 9.90. The molecule has 2 nitrogen and oxygen atoms in total. The van der Waals surface area contributed by atoms with Crippen molar-refractivity contribution < 1.29 is 0 Å². The van der Waals surface area contributed by atoms with Gasteiger partial charge < -0.3 is 5.73 Å². The molecule has 2 fully saturated rings. The topological polar surface area (TPSA) is 29.3 Å². The van der Waals surface area contributed by atoms with Crippen molar-refractivity contribution in [3.05, 3.63) is 0 Å². The standard InChI is InChI=1S/C12H24N2S/c1-9-3-5-14(11(7-9)8-13)12-4-6-15-10(12)2/h9-12H,3-8,13H2,1-2H3. The summed E-state index contributed by atoms with van der Waals surface area (Å²) in [5, 5.41) is 0.812. The Kier molecular flexibility index (Phi) is 3.97. The largest absolute Gasteiger partial charge is 0.329 e. The van der Waals surface area contributed by atoms with Gasteiger partial charge in [0, 0.05) is 23.9 Å². The first kappa shape index (κ1) is 11.7. The Morgan fingerprint density at radius 3 is 2.73 bits per heavy atom. The monoisotopic (exact) mass is 228 g/mol. The summed E-state index contributed by atoms with van der Waals surface area (Å²) in [5.41, 5.74) is 5.92. The molecule has 0 aromatic carbocycles. The molecule has 2 aliphatic heterocycles. The van der Waals surface area contributed by atoms with Gasteiger partial charge in [-0.1, -0.05) is 13.8 Å². The first-order valence-electron chi connectivity index (χ1n) is 6.29. The van der Waals surface area contributed by atoms with Crippen LogP contribution >= 0.6 is 11.8 Å². The van der Waals surface area contributed by atoms with Gasteiger partial charge in [0.15, 0.2) is 0 Å². The maximum atomic E-state index is 5.92. The smallest absolute Gasteiger partial charge is 0.0224 e. The van der Waals surface area contributed by atoms with E-state index < -0.39 is 0 Å². The van der Waals surface area contributed by atoms with Crippen LogP contribution in [0.1, 0.15) is 33.1 Å². The SMILES string of the molecule is CC1CCN(C2CCSC2C)C(CN)C1. The maximum Gasteiger partial charge on any atom is 0.0224 e. The molecule has 0 saturated carbocycles. The number of piperidine rings is 1. The lowest BCUT2D eigenvalue weighted by Gasteiger charge is -2.42. The van der Waals surface area contributed by atoms with Crippen LogP contribution in [0.3, 0.4) is 0 Å². The molecule has 88 valence electrons. The second-order valence-corrected chi connectivity index (χ2v) is 6.67. The van der Waals surface area contributed by atoms with Gasteiger partial charge in [-0.15, -0.1) is 0 Å². The van der Waals surface area contributed by atoms with Gasteiger partial charge in [0.1, 0.15) is 0 Å². The average molecular weight is 228 g/mol. The molecule has 0 bridgehead atoms. The van der Waals surface area contributed by atoms with Crippen molar-refractivity contribution in [3.8, 4) is 0 Å². The summed E-state index contributed by atoms with van der Waals surface area (Å²) >= 11 is 2.13. The number of hydrogen-bond acceptors (Lipinski definition) is 3. The molecule has 3 heteroatoms. The van der Waals surface area contributed by atoms with Gasteiger partial charge in [-0.05, 0) is 37.5 Å². The third kappa shape index (κ3) is 2.51. The van der Waals surface area contributed by atoms with Crippen molar-refractivity contribution in [1.29, 1.82) is 0 Å². The van der Waals surface area contributed by atoms with E-state index in [1.54, 1.807) is 0 Å². The molecule has 0 radical (unpaired) electrons. The van der Waals surface area contributed by atoms with Crippen LogP contribution in [0.25, 0.3) is 0 Å². The van der Waals surface area contributed by atoms with Crippen LogP contribution < -0.4 is 5.73 Å². The Morgan fingerprint density at radius 1 is 1.33 bits per heavy atom. The third-order valence-corrected chi connectivity index (χ3v) is 5.37. The predicted octanol–water partition coefficient (Wildman–Crippen LogP) is 1.94. The minimum atomic E-state index is 0.653. The van der Waals surface area contributed by atoms with E-state index in [0.29, 0.717) is 6.04 Å². The summed E-state index contributed by atoms with van der Waals surface area (Å²) in [6, 6.07) is 1.45. The van der Waals surface area contributed by atoms with Crippen molar-refractivity contribution >= 4 is 11.8 Å². The molecule has 0 aromatic rings. The summed E-state index contributed by atoms with van der Waals surface area (Å²) < 4.78 is 0. The Labute approximate surface area is 98.0 Å². The van der Waals surface area contributed by atoms with Crippen molar-refractivity contribution in [2.45, 2.75) is 50.4 Å². The van der Waals surface area contributed by atoms with Gasteiger partial charge >= 0.3 is 0 Å². The van der Waals surface area contributed by atoms with Crippen LogP contribution in [0, 0.1) is 5.92 Å². The minimum Gasteiger partial charge on any atom is -0.329 e. The van der Waals surface area contributed by atoms with Crippen LogP contribution in [0.2, 0.25) is 0 Å². The van der Waals surface area contributed by atoms with Crippen molar-refractivity contribution in [2.24, 2.45) is 11.7 Å². The molecule has 15 heavy (non-hydrogen) atoms. The van der Waals surface area contributed by atoms with Gasteiger partial charge in [-0.3, -0.25) is 4.90 Å². The normalized spacial score (nSPS) is 43.4. The van der Waals surface area contributed by atoms with Crippen molar-refractivity contribution in [3.63, 3.8) is 0 Å². The third-order valence-electron chi connectivity index (χ3n) is 4.06. The van der Waals surface area contributed by atoms with Crippen LogP contribution in [0.15, 0.2) is 0 Å². The Bertz CT molecular complexity index is 210. The fourth-order valence-corrected chi connectivity index (χ4v) is 4.36. The van der Waals surface area contributed by atoms with E-state index in [1.165, 1.54) is 31.6 Å². The lowest BCUT2D eigenvalue weighted by Crippen LogP contribution is -2.52. The Balaban J connectivity index is 2.00. The van der Waals surface area contributed by atoms with Crippen LogP contribution in [-0.4, -0.2) is 41.1 Å². The molecule has 4 unspecified atom stereocenters. The molecule has 2 N–H and O–H groups in total. The van der Waals surface area contributed by atoms with Gasteiger partial charge in [0.05, 0.1) is 0 Å². The molecule has 2 rings (SSSR count). The summed E-state index contributed by atoms with van der Waals surface area (Å²) in [5.74, 6) is 2.22. The van der Waals surface area contributed by atoms with Crippen LogP contribution in [0.4, 0.5) is 0 Å². The Hall–Kier alpha value is 0.270. The molecule has 2 heterocycles. The highest BCUT2D eigenvalue weighted by molar-refractivity contribution is 8.00. The van der Waals surface area contributed by atoms with E-state index >= 15 is 0 Å².